The van der Waals surface area contributed by atoms with E-state index in [1.165, 1.54) is 0 Å². The van der Waals surface area contributed by atoms with Gasteiger partial charge in [-0.1, -0.05) is 22.8 Å². The fraction of sp³-hybridized carbons (Fsp3) is 0.200. The van der Waals surface area contributed by atoms with Crippen molar-refractivity contribution in [2.24, 2.45) is 0 Å². The molecule has 0 fully saturated rings. The largest absolute Gasteiger partial charge is 0.479 e. The normalized spacial score (nSPS) is 10.3. The highest BCUT2D eigenvalue weighted by Crippen LogP contribution is 2.20. The fourth-order valence-electron chi connectivity index (χ4n) is 2.48. The number of ether oxygens (including phenoxy) is 1. The molecular formula is C20H17ClN4O3. The number of rotatable bonds is 8. The van der Waals surface area contributed by atoms with Crippen LogP contribution in [0.5, 0.6) is 5.75 Å². The van der Waals surface area contributed by atoms with Gasteiger partial charge in [0.2, 0.25) is 17.6 Å². The maximum atomic E-state index is 12.1. The van der Waals surface area contributed by atoms with Crippen LogP contribution in [0.15, 0.2) is 53.1 Å². The van der Waals surface area contributed by atoms with Gasteiger partial charge in [-0.25, -0.2) is 0 Å². The lowest BCUT2D eigenvalue weighted by Gasteiger charge is -2.07. The molecule has 1 amide bonds. The monoisotopic (exact) mass is 396 g/mol. The predicted octanol–water partition coefficient (Wildman–Crippen LogP) is 4.25. The Kier molecular flexibility index (Phi) is 6.60. The third-order valence-electron chi connectivity index (χ3n) is 3.79. The van der Waals surface area contributed by atoms with Crippen molar-refractivity contribution < 1.29 is 14.1 Å². The lowest BCUT2D eigenvalue weighted by molar-refractivity contribution is -0.116. The number of anilines is 1. The number of aryl methyl sites for hydroxylation is 1. The van der Waals surface area contributed by atoms with Crippen LogP contribution in [0.25, 0.3) is 11.4 Å². The summed E-state index contributed by atoms with van der Waals surface area (Å²) in [6, 6.07) is 16.0. The number of hydrogen-bond donors (Lipinski definition) is 1. The highest BCUT2D eigenvalue weighted by Gasteiger charge is 2.10. The van der Waals surface area contributed by atoms with Crippen molar-refractivity contribution in [1.82, 2.24) is 10.1 Å². The van der Waals surface area contributed by atoms with Gasteiger partial charge in [0.1, 0.15) is 11.8 Å². The number of amides is 1. The maximum absolute atomic E-state index is 12.1. The average Bonchev–Trinajstić information content (AvgIpc) is 3.16. The van der Waals surface area contributed by atoms with E-state index >= 15 is 0 Å². The third kappa shape index (κ3) is 5.56. The number of aromatic nitrogens is 2. The summed E-state index contributed by atoms with van der Waals surface area (Å²) in [5, 5.41) is 15.9. The first kappa shape index (κ1) is 19.4. The maximum Gasteiger partial charge on any atom is 0.226 e. The Bertz CT molecular complexity index is 980. The molecule has 8 heteroatoms. The molecule has 3 rings (SSSR count). The minimum atomic E-state index is -0.130. The van der Waals surface area contributed by atoms with Gasteiger partial charge in [0, 0.05) is 35.2 Å². The molecule has 1 aromatic heterocycles. The van der Waals surface area contributed by atoms with Crippen LogP contribution in [-0.4, -0.2) is 22.7 Å². The lowest BCUT2D eigenvalue weighted by Crippen LogP contribution is -2.11. The summed E-state index contributed by atoms with van der Waals surface area (Å²) in [6.45, 7) is -0.0421. The molecule has 0 unspecified atom stereocenters. The van der Waals surface area contributed by atoms with E-state index in [-0.39, 0.29) is 12.5 Å². The van der Waals surface area contributed by atoms with Crippen molar-refractivity contribution in [2.75, 3.05) is 11.9 Å². The second-order valence-electron chi connectivity index (χ2n) is 5.89. The summed E-state index contributed by atoms with van der Waals surface area (Å²) in [7, 11) is 0. The highest BCUT2D eigenvalue weighted by molar-refractivity contribution is 6.30. The second-order valence-corrected chi connectivity index (χ2v) is 6.33. The Labute approximate surface area is 166 Å². The molecule has 2 aromatic carbocycles. The zero-order valence-electron chi connectivity index (χ0n) is 14.9. The standard InChI is InChI=1S/C20H17ClN4O3/c21-15-9-7-14(8-10-15)20-24-19(28-25-20)6-2-5-18(26)23-16-3-1-4-17(13-16)27-12-11-22/h1,3-4,7-10,13H,2,5-6,12H2,(H,23,26). The summed E-state index contributed by atoms with van der Waals surface area (Å²) >= 11 is 5.87. The van der Waals surface area contributed by atoms with Crippen LogP contribution in [0.3, 0.4) is 0 Å². The van der Waals surface area contributed by atoms with E-state index in [0.29, 0.717) is 47.4 Å². The SMILES string of the molecule is N#CCOc1cccc(NC(=O)CCCc2nc(-c3ccc(Cl)cc3)no2)c1. The van der Waals surface area contributed by atoms with Gasteiger partial charge >= 0.3 is 0 Å². The number of hydrogen-bond acceptors (Lipinski definition) is 6. The van der Waals surface area contributed by atoms with Gasteiger partial charge in [-0.05, 0) is 42.8 Å². The molecule has 0 spiro atoms. The first-order valence-electron chi connectivity index (χ1n) is 8.62. The van der Waals surface area contributed by atoms with E-state index in [1.807, 2.05) is 18.2 Å². The molecule has 0 aliphatic rings. The number of benzene rings is 2. The predicted molar refractivity (Wildman–Crippen MR) is 104 cm³/mol. The van der Waals surface area contributed by atoms with Crippen LogP contribution in [0.1, 0.15) is 18.7 Å². The average molecular weight is 397 g/mol. The Morgan fingerprint density at radius 2 is 2.07 bits per heavy atom. The summed E-state index contributed by atoms with van der Waals surface area (Å²) in [5.41, 5.74) is 1.43. The molecule has 0 atom stereocenters. The number of carbonyl (C=O) groups is 1. The lowest BCUT2D eigenvalue weighted by atomic mass is 10.2. The number of halogens is 1. The van der Waals surface area contributed by atoms with E-state index in [2.05, 4.69) is 15.5 Å². The first-order valence-corrected chi connectivity index (χ1v) is 9.00. The molecular weight excluding hydrogens is 380 g/mol. The summed E-state index contributed by atoms with van der Waals surface area (Å²) in [4.78, 5) is 16.4. The van der Waals surface area contributed by atoms with E-state index < -0.39 is 0 Å². The summed E-state index contributed by atoms with van der Waals surface area (Å²) in [6.07, 6.45) is 1.37. The highest BCUT2D eigenvalue weighted by atomic mass is 35.5. The Morgan fingerprint density at radius 1 is 1.25 bits per heavy atom. The quantitative estimate of drug-likeness (QED) is 0.610. The fourth-order valence-corrected chi connectivity index (χ4v) is 2.60. The van der Waals surface area contributed by atoms with Gasteiger partial charge in [-0.15, -0.1) is 0 Å². The van der Waals surface area contributed by atoms with Crippen LogP contribution in [0, 0.1) is 11.3 Å². The van der Waals surface area contributed by atoms with Gasteiger partial charge in [-0.3, -0.25) is 4.79 Å². The van der Waals surface area contributed by atoms with Gasteiger partial charge in [-0.2, -0.15) is 10.2 Å². The Balaban J connectivity index is 1.47. The summed E-state index contributed by atoms with van der Waals surface area (Å²) < 4.78 is 10.4. The number of carbonyl (C=O) groups excluding carboxylic acids is 1. The third-order valence-corrected chi connectivity index (χ3v) is 4.04. The molecule has 0 aliphatic carbocycles. The van der Waals surface area contributed by atoms with E-state index in [9.17, 15) is 4.79 Å². The molecule has 7 nitrogen and oxygen atoms in total. The molecule has 0 aliphatic heterocycles. The number of nitrogens with zero attached hydrogens (tertiary/aromatic N) is 3. The molecule has 1 N–H and O–H groups in total. The van der Waals surface area contributed by atoms with Crippen molar-refractivity contribution in [3.8, 4) is 23.2 Å². The van der Waals surface area contributed by atoms with E-state index in [0.717, 1.165) is 5.56 Å². The van der Waals surface area contributed by atoms with Crippen LogP contribution >= 0.6 is 11.6 Å². The Hall–Kier alpha value is -3.37. The van der Waals surface area contributed by atoms with Crippen molar-refractivity contribution in [3.05, 3.63) is 59.4 Å². The van der Waals surface area contributed by atoms with Crippen molar-refractivity contribution in [2.45, 2.75) is 19.3 Å². The van der Waals surface area contributed by atoms with Crippen LogP contribution in [0.4, 0.5) is 5.69 Å². The molecule has 0 saturated carbocycles. The topological polar surface area (TPSA) is 101 Å². The molecule has 28 heavy (non-hydrogen) atoms. The Morgan fingerprint density at radius 3 is 2.86 bits per heavy atom. The van der Waals surface area contributed by atoms with Crippen molar-refractivity contribution in [3.63, 3.8) is 0 Å². The zero-order valence-corrected chi connectivity index (χ0v) is 15.6. The summed E-state index contributed by atoms with van der Waals surface area (Å²) in [5.74, 6) is 1.37. The minimum absolute atomic E-state index is 0.0421. The molecule has 3 aromatic rings. The number of nitriles is 1. The molecule has 1 heterocycles. The van der Waals surface area contributed by atoms with Gasteiger partial charge in [0.25, 0.3) is 0 Å². The molecule has 0 radical (unpaired) electrons. The van der Waals surface area contributed by atoms with E-state index in [1.54, 1.807) is 36.4 Å². The first-order chi connectivity index (χ1) is 13.6. The van der Waals surface area contributed by atoms with E-state index in [4.69, 9.17) is 26.1 Å². The van der Waals surface area contributed by atoms with Crippen molar-refractivity contribution in [1.29, 1.82) is 5.26 Å². The van der Waals surface area contributed by atoms with Crippen LogP contribution in [-0.2, 0) is 11.2 Å². The smallest absolute Gasteiger partial charge is 0.226 e. The molecule has 0 bridgehead atoms. The van der Waals surface area contributed by atoms with Crippen LogP contribution in [0.2, 0.25) is 5.02 Å². The van der Waals surface area contributed by atoms with Gasteiger partial charge in [0.15, 0.2) is 6.61 Å². The van der Waals surface area contributed by atoms with Crippen LogP contribution < -0.4 is 10.1 Å². The molecule has 0 saturated heterocycles. The second kappa shape index (κ2) is 9.53. The molecule has 142 valence electrons. The zero-order chi connectivity index (χ0) is 19.8. The van der Waals surface area contributed by atoms with Gasteiger partial charge in [0.05, 0.1) is 0 Å². The minimum Gasteiger partial charge on any atom is -0.479 e. The van der Waals surface area contributed by atoms with Crippen molar-refractivity contribution >= 4 is 23.2 Å². The van der Waals surface area contributed by atoms with Gasteiger partial charge < -0.3 is 14.6 Å². The number of nitrogens with one attached hydrogen (secondary N) is 1.